The summed E-state index contributed by atoms with van der Waals surface area (Å²) in [4.78, 5) is 10.6. The van der Waals surface area contributed by atoms with Crippen molar-refractivity contribution in [3.63, 3.8) is 0 Å². The molecule has 2 rings (SSSR count). The Morgan fingerprint density at radius 1 is 1.39 bits per heavy atom. The Labute approximate surface area is 105 Å². The summed E-state index contributed by atoms with van der Waals surface area (Å²) in [6, 6.07) is 2.29. The van der Waals surface area contributed by atoms with Crippen LogP contribution in [0.3, 0.4) is 0 Å². The van der Waals surface area contributed by atoms with Gasteiger partial charge in [0.05, 0.1) is 0 Å². The van der Waals surface area contributed by atoms with Gasteiger partial charge in [0.25, 0.3) is 10.0 Å². The highest BCUT2D eigenvalue weighted by Crippen LogP contribution is 2.30. The summed E-state index contributed by atoms with van der Waals surface area (Å²) in [5.41, 5.74) is -0.463. The van der Waals surface area contributed by atoms with Crippen molar-refractivity contribution in [2.45, 2.75) is 43.2 Å². The SMILES string of the molecule is CC1(NS(=O)(=O)c2ccc(C(=O)O)o2)CCCC1. The van der Waals surface area contributed by atoms with E-state index in [0.717, 1.165) is 37.8 Å². The Bertz CT molecular complexity index is 554. The Balaban J connectivity index is 2.22. The van der Waals surface area contributed by atoms with E-state index in [9.17, 15) is 13.2 Å². The Kier molecular flexibility index (Phi) is 3.20. The topological polar surface area (TPSA) is 96.6 Å². The smallest absolute Gasteiger partial charge is 0.371 e. The number of furan rings is 1. The lowest BCUT2D eigenvalue weighted by molar-refractivity contribution is 0.0656. The average molecular weight is 273 g/mol. The van der Waals surface area contributed by atoms with Crippen molar-refractivity contribution in [1.29, 1.82) is 0 Å². The quantitative estimate of drug-likeness (QED) is 0.868. The first-order chi connectivity index (χ1) is 8.32. The first-order valence-corrected chi connectivity index (χ1v) is 7.18. The highest BCUT2D eigenvalue weighted by atomic mass is 32.2. The van der Waals surface area contributed by atoms with Crippen molar-refractivity contribution in [3.05, 3.63) is 17.9 Å². The van der Waals surface area contributed by atoms with Crippen LogP contribution in [0.1, 0.15) is 43.2 Å². The molecule has 1 aromatic rings. The summed E-state index contributed by atoms with van der Waals surface area (Å²) in [6.45, 7) is 1.85. The predicted octanol–water partition coefficient (Wildman–Crippen LogP) is 1.59. The molecule has 0 radical (unpaired) electrons. The number of rotatable bonds is 4. The number of carboxylic acid groups (broad SMARTS) is 1. The summed E-state index contributed by atoms with van der Waals surface area (Å²) in [7, 11) is -3.79. The number of aromatic carboxylic acids is 1. The van der Waals surface area contributed by atoms with Gasteiger partial charge in [-0.2, -0.15) is 0 Å². The highest BCUT2D eigenvalue weighted by molar-refractivity contribution is 7.89. The van der Waals surface area contributed by atoms with Crippen LogP contribution in [0.2, 0.25) is 0 Å². The maximum atomic E-state index is 12.0. The largest absolute Gasteiger partial charge is 0.475 e. The highest BCUT2D eigenvalue weighted by Gasteiger charge is 2.35. The molecule has 0 saturated heterocycles. The van der Waals surface area contributed by atoms with Crippen molar-refractivity contribution in [2.75, 3.05) is 0 Å². The van der Waals surface area contributed by atoms with E-state index in [0.29, 0.717) is 0 Å². The van der Waals surface area contributed by atoms with Gasteiger partial charge >= 0.3 is 5.97 Å². The van der Waals surface area contributed by atoms with E-state index in [2.05, 4.69) is 4.72 Å². The predicted molar refractivity (Wildman–Crippen MR) is 62.9 cm³/mol. The summed E-state index contributed by atoms with van der Waals surface area (Å²) in [6.07, 6.45) is 3.52. The number of carboxylic acids is 1. The second-order valence-electron chi connectivity index (χ2n) is 4.80. The molecule has 7 heteroatoms. The van der Waals surface area contributed by atoms with Gasteiger partial charge in [-0.15, -0.1) is 0 Å². The van der Waals surface area contributed by atoms with Crippen LogP contribution in [0, 0.1) is 0 Å². The van der Waals surface area contributed by atoms with Crippen molar-refractivity contribution >= 4 is 16.0 Å². The van der Waals surface area contributed by atoms with Crippen LogP contribution in [0.15, 0.2) is 21.6 Å². The van der Waals surface area contributed by atoms with Gasteiger partial charge in [-0.1, -0.05) is 12.8 Å². The van der Waals surface area contributed by atoms with Crippen LogP contribution in [-0.2, 0) is 10.0 Å². The molecule has 0 spiro atoms. The minimum Gasteiger partial charge on any atom is -0.475 e. The summed E-state index contributed by atoms with van der Waals surface area (Å²) >= 11 is 0. The molecule has 1 aliphatic carbocycles. The van der Waals surface area contributed by atoms with Crippen molar-refractivity contribution in [1.82, 2.24) is 4.72 Å². The third kappa shape index (κ3) is 2.56. The molecule has 0 atom stereocenters. The van der Waals surface area contributed by atoms with Gasteiger partial charge in [0.2, 0.25) is 10.9 Å². The lowest BCUT2D eigenvalue weighted by Crippen LogP contribution is -2.43. The van der Waals surface area contributed by atoms with E-state index in [-0.39, 0.29) is 10.9 Å². The van der Waals surface area contributed by atoms with E-state index in [1.165, 1.54) is 0 Å². The molecule has 0 amide bonds. The minimum absolute atomic E-state index is 0.354. The van der Waals surface area contributed by atoms with Gasteiger partial charge < -0.3 is 9.52 Å². The zero-order valence-electron chi connectivity index (χ0n) is 9.97. The molecular formula is C11H15NO5S. The van der Waals surface area contributed by atoms with Gasteiger partial charge in [-0.25, -0.2) is 17.9 Å². The van der Waals surface area contributed by atoms with E-state index in [4.69, 9.17) is 9.52 Å². The molecular weight excluding hydrogens is 258 g/mol. The van der Waals surface area contributed by atoms with E-state index in [1.54, 1.807) is 0 Å². The van der Waals surface area contributed by atoms with Gasteiger partial charge in [0.15, 0.2) is 0 Å². The molecule has 1 aliphatic rings. The van der Waals surface area contributed by atoms with Gasteiger partial charge in [-0.3, -0.25) is 0 Å². The number of nitrogens with one attached hydrogen (secondary N) is 1. The maximum Gasteiger partial charge on any atom is 0.371 e. The number of carbonyl (C=O) groups is 1. The van der Waals surface area contributed by atoms with Crippen molar-refractivity contribution in [2.24, 2.45) is 0 Å². The number of hydrogen-bond donors (Lipinski definition) is 2. The lowest BCUT2D eigenvalue weighted by atomic mass is 10.0. The van der Waals surface area contributed by atoms with Crippen LogP contribution >= 0.6 is 0 Å². The molecule has 6 nitrogen and oxygen atoms in total. The monoisotopic (exact) mass is 273 g/mol. The van der Waals surface area contributed by atoms with E-state index >= 15 is 0 Å². The van der Waals surface area contributed by atoms with E-state index < -0.39 is 21.5 Å². The normalized spacial score (nSPS) is 18.9. The molecule has 18 heavy (non-hydrogen) atoms. The third-order valence-electron chi connectivity index (χ3n) is 3.14. The molecule has 0 aromatic carbocycles. The molecule has 1 saturated carbocycles. The van der Waals surface area contributed by atoms with Crippen LogP contribution in [0.25, 0.3) is 0 Å². The first-order valence-electron chi connectivity index (χ1n) is 5.70. The van der Waals surface area contributed by atoms with E-state index in [1.807, 2.05) is 6.92 Å². The molecule has 1 fully saturated rings. The average Bonchev–Trinajstić information content (AvgIpc) is 2.85. The fourth-order valence-corrected chi connectivity index (χ4v) is 3.61. The van der Waals surface area contributed by atoms with Crippen LogP contribution in [-0.4, -0.2) is 25.0 Å². The maximum absolute atomic E-state index is 12.0. The van der Waals surface area contributed by atoms with Gasteiger partial charge in [0.1, 0.15) is 0 Å². The molecule has 1 heterocycles. The first kappa shape index (κ1) is 13.1. The second-order valence-corrected chi connectivity index (χ2v) is 6.41. The molecule has 0 aliphatic heterocycles. The molecule has 2 N–H and O–H groups in total. The van der Waals surface area contributed by atoms with Gasteiger partial charge in [-0.05, 0) is 31.9 Å². The Morgan fingerprint density at radius 3 is 2.50 bits per heavy atom. The number of sulfonamides is 1. The minimum atomic E-state index is -3.79. The molecule has 100 valence electrons. The van der Waals surface area contributed by atoms with Crippen molar-refractivity contribution in [3.8, 4) is 0 Å². The van der Waals surface area contributed by atoms with Crippen LogP contribution in [0.5, 0.6) is 0 Å². The Hall–Kier alpha value is -1.34. The zero-order chi connectivity index (χ0) is 13.4. The molecule has 0 bridgehead atoms. The summed E-state index contributed by atoms with van der Waals surface area (Å²) < 4.78 is 31.5. The second kappa shape index (κ2) is 4.40. The molecule has 1 aromatic heterocycles. The third-order valence-corrected chi connectivity index (χ3v) is 4.66. The summed E-state index contributed by atoms with van der Waals surface area (Å²) in [5.74, 6) is -1.67. The van der Waals surface area contributed by atoms with Crippen LogP contribution < -0.4 is 4.72 Å². The summed E-state index contributed by atoms with van der Waals surface area (Å²) in [5, 5.41) is 8.34. The lowest BCUT2D eigenvalue weighted by Gasteiger charge is -2.23. The van der Waals surface area contributed by atoms with Gasteiger partial charge in [0, 0.05) is 5.54 Å². The zero-order valence-corrected chi connectivity index (χ0v) is 10.8. The molecule has 0 unspecified atom stereocenters. The Morgan fingerprint density at radius 2 is 2.00 bits per heavy atom. The fourth-order valence-electron chi connectivity index (χ4n) is 2.21. The fraction of sp³-hybridized carbons (Fsp3) is 0.545. The standard InChI is InChI=1S/C11H15NO5S/c1-11(6-2-3-7-11)12-18(15,16)9-5-4-8(17-9)10(13)14/h4-5,12H,2-3,6-7H2,1H3,(H,13,14). The van der Waals surface area contributed by atoms with Crippen LogP contribution in [0.4, 0.5) is 0 Å². The van der Waals surface area contributed by atoms with Crippen molar-refractivity contribution < 1.29 is 22.7 Å². The number of hydrogen-bond acceptors (Lipinski definition) is 4.